The summed E-state index contributed by atoms with van der Waals surface area (Å²) in [5.74, 6) is 0.370. The molecule has 6 heteroatoms. The van der Waals surface area contributed by atoms with Gasteiger partial charge in [-0.1, -0.05) is 34.4 Å². The molecule has 0 spiro atoms. The summed E-state index contributed by atoms with van der Waals surface area (Å²) in [6.45, 7) is 0.692. The lowest BCUT2D eigenvalue weighted by molar-refractivity contribution is 0.128. The third-order valence-electron chi connectivity index (χ3n) is 2.01. The van der Waals surface area contributed by atoms with Gasteiger partial charge >= 0.3 is 0 Å². The Hall–Kier alpha value is -0.970. The van der Waals surface area contributed by atoms with Gasteiger partial charge in [0.1, 0.15) is 12.4 Å². The normalized spacial score (nSPS) is 11.6. The SMILES string of the molecule is COCC/C(N)=N/OCc1c(Cl)cccc1Cl. The summed E-state index contributed by atoms with van der Waals surface area (Å²) in [7, 11) is 1.59. The third kappa shape index (κ3) is 4.81. The van der Waals surface area contributed by atoms with Crippen molar-refractivity contribution in [1.82, 2.24) is 0 Å². The minimum absolute atomic E-state index is 0.187. The lowest BCUT2D eigenvalue weighted by Crippen LogP contribution is -2.14. The molecule has 17 heavy (non-hydrogen) atoms. The predicted molar refractivity (Wildman–Crippen MR) is 69.4 cm³/mol. The van der Waals surface area contributed by atoms with Crippen molar-refractivity contribution in [3.05, 3.63) is 33.8 Å². The van der Waals surface area contributed by atoms with E-state index in [0.29, 0.717) is 34.5 Å². The maximum Gasteiger partial charge on any atom is 0.145 e. The summed E-state index contributed by atoms with van der Waals surface area (Å²) in [5.41, 5.74) is 6.27. The number of nitrogens with zero attached hydrogens (tertiary/aromatic N) is 1. The quantitative estimate of drug-likeness (QED) is 0.494. The molecule has 94 valence electrons. The van der Waals surface area contributed by atoms with Crippen molar-refractivity contribution in [2.24, 2.45) is 10.9 Å². The Kier molecular flexibility index (Phi) is 6.11. The number of hydrogen-bond donors (Lipinski definition) is 1. The minimum atomic E-state index is 0.187. The first-order valence-corrected chi connectivity index (χ1v) is 5.77. The molecule has 0 amide bonds. The van der Waals surface area contributed by atoms with Gasteiger partial charge in [0, 0.05) is 29.1 Å². The molecule has 1 rings (SSSR count). The van der Waals surface area contributed by atoms with E-state index >= 15 is 0 Å². The average molecular weight is 277 g/mol. The molecule has 0 saturated heterocycles. The van der Waals surface area contributed by atoms with Gasteiger partial charge in [0.2, 0.25) is 0 Å². The molecule has 1 aromatic rings. The lowest BCUT2D eigenvalue weighted by Gasteiger charge is -2.06. The number of hydrogen-bond acceptors (Lipinski definition) is 3. The van der Waals surface area contributed by atoms with Gasteiger partial charge in [0.15, 0.2) is 0 Å². The van der Waals surface area contributed by atoms with Crippen molar-refractivity contribution in [3.8, 4) is 0 Å². The van der Waals surface area contributed by atoms with E-state index in [0.717, 1.165) is 0 Å². The smallest absolute Gasteiger partial charge is 0.145 e. The second-order valence-corrected chi connectivity index (χ2v) is 4.11. The number of amidine groups is 1. The summed E-state index contributed by atoms with van der Waals surface area (Å²) in [4.78, 5) is 5.08. The minimum Gasteiger partial charge on any atom is -0.389 e. The molecule has 0 aliphatic carbocycles. The van der Waals surface area contributed by atoms with Crippen LogP contribution in [0.2, 0.25) is 10.0 Å². The highest BCUT2D eigenvalue weighted by atomic mass is 35.5. The number of nitrogens with two attached hydrogens (primary N) is 1. The van der Waals surface area contributed by atoms with Gasteiger partial charge in [-0.2, -0.15) is 0 Å². The van der Waals surface area contributed by atoms with Crippen molar-refractivity contribution in [2.45, 2.75) is 13.0 Å². The monoisotopic (exact) mass is 276 g/mol. The molecule has 0 heterocycles. The van der Waals surface area contributed by atoms with Crippen LogP contribution in [0.25, 0.3) is 0 Å². The van der Waals surface area contributed by atoms with Crippen molar-refractivity contribution in [2.75, 3.05) is 13.7 Å². The van der Waals surface area contributed by atoms with E-state index in [1.165, 1.54) is 0 Å². The molecule has 0 radical (unpaired) electrons. The first-order valence-electron chi connectivity index (χ1n) is 5.01. The molecule has 0 aliphatic heterocycles. The molecule has 0 unspecified atom stereocenters. The molecule has 0 bridgehead atoms. The van der Waals surface area contributed by atoms with Gasteiger partial charge in [0.05, 0.1) is 6.61 Å². The van der Waals surface area contributed by atoms with Crippen molar-refractivity contribution in [1.29, 1.82) is 0 Å². The summed E-state index contributed by atoms with van der Waals surface area (Å²) in [6.07, 6.45) is 0.521. The fourth-order valence-electron chi connectivity index (χ4n) is 1.10. The standard InChI is InChI=1S/C11H14Cl2N2O2/c1-16-6-5-11(14)15-17-7-8-9(12)3-2-4-10(8)13/h2-4H,5-7H2,1H3,(H2,14,15). The van der Waals surface area contributed by atoms with Crippen LogP contribution in [0, 0.1) is 0 Å². The van der Waals surface area contributed by atoms with Crippen LogP contribution in [0.15, 0.2) is 23.4 Å². The Morgan fingerprint density at radius 1 is 1.35 bits per heavy atom. The average Bonchev–Trinajstić information content (AvgIpc) is 2.30. The topological polar surface area (TPSA) is 56.8 Å². The van der Waals surface area contributed by atoms with Crippen molar-refractivity contribution >= 4 is 29.0 Å². The molecule has 0 aliphatic rings. The highest BCUT2D eigenvalue weighted by molar-refractivity contribution is 6.35. The second kappa shape index (κ2) is 7.37. The lowest BCUT2D eigenvalue weighted by atomic mass is 10.2. The first kappa shape index (κ1) is 14.1. The highest BCUT2D eigenvalue weighted by Crippen LogP contribution is 2.24. The third-order valence-corrected chi connectivity index (χ3v) is 2.72. The molecule has 2 N–H and O–H groups in total. The maximum absolute atomic E-state index is 5.96. The highest BCUT2D eigenvalue weighted by Gasteiger charge is 2.05. The van der Waals surface area contributed by atoms with Crippen LogP contribution in [0.5, 0.6) is 0 Å². The van der Waals surface area contributed by atoms with Crippen LogP contribution < -0.4 is 5.73 Å². The van der Waals surface area contributed by atoms with Crippen molar-refractivity contribution < 1.29 is 9.57 Å². The van der Waals surface area contributed by atoms with E-state index in [1.54, 1.807) is 25.3 Å². The van der Waals surface area contributed by atoms with E-state index in [2.05, 4.69) is 5.16 Å². The zero-order valence-electron chi connectivity index (χ0n) is 9.45. The van der Waals surface area contributed by atoms with Gasteiger partial charge in [-0.3, -0.25) is 0 Å². The van der Waals surface area contributed by atoms with Gasteiger partial charge in [0.25, 0.3) is 0 Å². The fourth-order valence-corrected chi connectivity index (χ4v) is 1.61. The summed E-state index contributed by atoms with van der Waals surface area (Å²) < 4.78 is 4.86. The molecule has 1 aromatic carbocycles. The number of rotatable bonds is 6. The molecular formula is C11H14Cl2N2O2. The zero-order chi connectivity index (χ0) is 12.7. The number of halogens is 2. The van der Waals surface area contributed by atoms with E-state index in [9.17, 15) is 0 Å². The summed E-state index contributed by atoms with van der Waals surface area (Å²) in [6, 6.07) is 5.25. The van der Waals surface area contributed by atoms with Crippen LogP contribution >= 0.6 is 23.2 Å². The maximum atomic E-state index is 5.96. The molecule has 0 atom stereocenters. The Bertz CT molecular complexity index is 377. The zero-order valence-corrected chi connectivity index (χ0v) is 11.0. The Morgan fingerprint density at radius 2 is 2.00 bits per heavy atom. The van der Waals surface area contributed by atoms with Crippen LogP contribution in [0.1, 0.15) is 12.0 Å². The van der Waals surface area contributed by atoms with E-state index in [4.69, 9.17) is 38.5 Å². The molecular weight excluding hydrogens is 263 g/mol. The second-order valence-electron chi connectivity index (χ2n) is 3.30. The Labute approximate surface area is 110 Å². The Morgan fingerprint density at radius 3 is 2.59 bits per heavy atom. The number of oxime groups is 1. The van der Waals surface area contributed by atoms with E-state index < -0.39 is 0 Å². The summed E-state index contributed by atoms with van der Waals surface area (Å²) >= 11 is 11.9. The van der Waals surface area contributed by atoms with Crippen LogP contribution in [-0.4, -0.2) is 19.6 Å². The number of methoxy groups -OCH3 is 1. The fraction of sp³-hybridized carbons (Fsp3) is 0.364. The van der Waals surface area contributed by atoms with Crippen LogP contribution in [0.4, 0.5) is 0 Å². The van der Waals surface area contributed by atoms with Crippen molar-refractivity contribution in [3.63, 3.8) is 0 Å². The predicted octanol–water partition coefficient (Wildman–Crippen LogP) is 2.82. The van der Waals surface area contributed by atoms with Crippen LogP contribution in [0.3, 0.4) is 0 Å². The number of benzene rings is 1. The molecule has 0 aromatic heterocycles. The van der Waals surface area contributed by atoms with E-state index in [1.807, 2.05) is 0 Å². The Balaban J connectivity index is 2.50. The molecule has 0 saturated carbocycles. The van der Waals surface area contributed by atoms with Gasteiger partial charge < -0.3 is 15.3 Å². The van der Waals surface area contributed by atoms with E-state index in [-0.39, 0.29) is 6.61 Å². The molecule has 0 fully saturated rings. The van der Waals surface area contributed by atoms with Crippen LogP contribution in [-0.2, 0) is 16.2 Å². The van der Waals surface area contributed by atoms with Gasteiger partial charge in [-0.15, -0.1) is 0 Å². The van der Waals surface area contributed by atoms with Gasteiger partial charge in [-0.25, -0.2) is 0 Å². The number of ether oxygens (including phenoxy) is 1. The van der Waals surface area contributed by atoms with Gasteiger partial charge in [-0.05, 0) is 12.1 Å². The largest absolute Gasteiger partial charge is 0.389 e. The molecule has 4 nitrogen and oxygen atoms in total. The summed E-state index contributed by atoms with van der Waals surface area (Å²) in [5, 5.41) is 4.83. The first-order chi connectivity index (χ1) is 8.15.